The zero-order chi connectivity index (χ0) is 13.7. The molecule has 0 aliphatic carbocycles. The maximum absolute atomic E-state index is 12.9. The van der Waals surface area contributed by atoms with Crippen LogP contribution < -0.4 is 10.6 Å². The summed E-state index contributed by atoms with van der Waals surface area (Å²) in [5.74, 6) is -0.386. The van der Waals surface area contributed by atoms with Crippen LogP contribution in [0.5, 0.6) is 0 Å². The molecule has 2 amide bonds. The van der Waals surface area contributed by atoms with E-state index in [2.05, 4.69) is 26.6 Å². The van der Waals surface area contributed by atoms with Crippen LogP contribution in [0.2, 0.25) is 0 Å². The molecule has 0 saturated carbocycles. The number of amides is 2. The SMILES string of the molecule is O=C(NCc1ccccc1Br)Nc1cccc(F)c1. The number of urea groups is 1. The number of carbonyl (C=O) groups is 1. The number of benzene rings is 2. The summed E-state index contributed by atoms with van der Waals surface area (Å²) in [6.45, 7) is 0.391. The van der Waals surface area contributed by atoms with E-state index in [1.54, 1.807) is 12.1 Å². The summed E-state index contributed by atoms with van der Waals surface area (Å²) in [5.41, 5.74) is 1.39. The normalized spacial score (nSPS) is 10.0. The molecule has 0 bridgehead atoms. The first-order chi connectivity index (χ1) is 9.15. The van der Waals surface area contributed by atoms with Gasteiger partial charge in [-0.05, 0) is 29.8 Å². The minimum Gasteiger partial charge on any atom is -0.334 e. The van der Waals surface area contributed by atoms with Gasteiger partial charge in [0.15, 0.2) is 0 Å². The fraction of sp³-hybridized carbons (Fsp3) is 0.0714. The second kappa shape index (κ2) is 6.33. The second-order valence-electron chi connectivity index (χ2n) is 3.91. The van der Waals surface area contributed by atoms with E-state index in [-0.39, 0.29) is 11.8 Å². The van der Waals surface area contributed by atoms with E-state index in [4.69, 9.17) is 0 Å². The van der Waals surface area contributed by atoms with Crippen LogP contribution in [-0.2, 0) is 6.54 Å². The number of hydrogen-bond acceptors (Lipinski definition) is 1. The number of halogens is 2. The average molecular weight is 323 g/mol. The maximum atomic E-state index is 12.9. The van der Waals surface area contributed by atoms with Crippen molar-refractivity contribution in [2.24, 2.45) is 0 Å². The Morgan fingerprint density at radius 2 is 1.95 bits per heavy atom. The monoisotopic (exact) mass is 322 g/mol. The minimum absolute atomic E-state index is 0.374. The summed E-state index contributed by atoms with van der Waals surface area (Å²) in [4.78, 5) is 11.6. The lowest BCUT2D eigenvalue weighted by molar-refractivity contribution is 0.251. The highest BCUT2D eigenvalue weighted by Crippen LogP contribution is 2.15. The van der Waals surface area contributed by atoms with Gasteiger partial charge in [0.25, 0.3) is 0 Å². The van der Waals surface area contributed by atoms with Gasteiger partial charge in [0, 0.05) is 16.7 Å². The molecule has 2 rings (SSSR count). The predicted octanol–water partition coefficient (Wildman–Crippen LogP) is 3.91. The van der Waals surface area contributed by atoms with Crippen molar-refractivity contribution in [3.63, 3.8) is 0 Å². The van der Waals surface area contributed by atoms with Crippen LogP contribution in [0.4, 0.5) is 14.9 Å². The first-order valence-electron chi connectivity index (χ1n) is 5.69. The van der Waals surface area contributed by atoms with Crippen molar-refractivity contribution in [1.82, 2.24) is 5.32 Å². The van der Waals surface area contributed by atoms with Crippen LogP contribution in [0.1, 0.15) is 5.56 Å². The third-order valence-electron chi connectivity index (χ3n) is 2.48. The Balaban J connectivity index is 1.90. The number of hydrogen-bond donors (Lipinski definition) is 2. The Morgan fingerprint density at radius 1 is 1.16 bits per heavy atom. The van der Waals surface area contributed by atoms with Crippen molar-refractivity contribution in [3.05, 3.63) is 64.4 Å². The van der Waals surface area contributed by atoms with Crippen LogP contribution in [0.25, 0.3) is 0 Å². The molecule has 0 saturated heterocycles. The zero-order valence-electron chi connectivity index (χ0n) is 9.99. The number of rotatable bonds is 3. The average Bonchev–Trinajstić information content (AvgIpc) is 2.38. The van der Waals surface area contributed by atoms with E-state index >= 15 is 0 Å². The number of anilines is 1. The number of carbonyl (C=O) groups excluding carboxylic acids is 1. The molecule has 98 valence electrons. The van der Waals surface area contributed by atoms with Crippen molar-refractivity contribution < 1.29 is 9.18 Å². The van der Waals surface area contributed by atoms with Crippen molar-refractivity contribution in [2.45, 2.75) is 6.54 Å². The molecule has 2 aromatic carbocycles. The molecule has 19 heavy (non-hydrogen) atoms. The molecule has 5 heteroatoms. The molecule has 0 aliphatic rings. The quantitative estimate of drug-likeness (QED) is 0.883. The molecule has 0 spiro atoms. The first kappa shape index (κ1) is 13.5. The smallest absolute Gasteiger partial charge is 0.319 e. The van der Waals surface area contributed by atoms with E-state index in [0.717, 1.165) is 10.0 Å². The molecular weight excluding hydrogens is 311 g/mol. The van der Waals surface area contributed by atoms with Crippen molar-refractivity contribution in [1.29, 1.82) is 0 Å². The maximum Gasteiger partial charge on any atom is 0.319 e. The Bertz CT molecular complexity index is 589. The lowest BCUT2D eigenvalue weighted by Crippen LogP contribution is -2.28. The molecule has 0 radical (unpaired) electrons. The molecule has 0 aliphatic heterocycles. The largest absolute Gasteiger partial charge is 0.334 e. The van der Waals surface area contributed by atoms with Crippen molar-refractivity contribution >= 4 is 27.6 Å². The number of nitrogens with one attached hydrogen (secondary N) is 2. The van der Waals surface area contributed by atoms with Gasteiger partial charge in [0.2, 0.25) is 0 Å². The Labute approximate surface area is 119 Å². The molecule has 2 aromatic rings. The van der Waals surface area contributed by atoms with Gasteiger partial charge in [-0.25, -0.2) is 9.18 Å². The Morgan fingerprint density at radius 3 is 2.68 bits per heavy atom. The van der Waals surface area contributed by atoms with Crippen LogP contribution in [0.3, 0.4) is 0 Å². The summed E-state index contributed by atoms with van der Waals surface area (Å²) in [6, 6.07) is 13.0. The Hall–Kier alpha value is -1.88. The standard InChI is InChI=1S/C14H12BrFN2O/c15-13-7-2-1-4-10(13)9-17-14(19)18-12-6-3-5-11(16)8-12/h1-8H,9H2,(H2,17,18,19). The van der Waals surface area contributed by atoms with Gasteiger partial charge in [-0.3, -0.25) is 0 Å². The first-order valence-corrected chi connectivity index (χ1v) is 6.48. The minimum atomic E-state index is -0.386. The summed E-state index contributed by atoms with van der Waals surface area (Å²) >= 11 is 3.40. The van der Waals surface area contributed by atoms with Gasteiger partial charge in [-0.1, -0.05) is 40.2 Å². The van der Waals surface area contributed by atoms with Crippen LogP contribution in [-0.4, -0.2) is 6.03 Å². The Kier molecular flexibility index (Phi) is 4.52. The predicted molar refractivity (Wildman–Crippen MR) is 76.4 cm³/mol. The molecule has 0 unspecified atom stereocenters. The zero-order valence-corrected chi connectivity index (χ0v) is 11.6. The van der Waals surface area contributed by atoms with E-state index in [1.165, 1.54) is 12.1 Å². The van der Waals surface area contributed by atoms with Gasteiger partial charge in [0.05, 0.1) is 0 Å². The summed E-state index contributed by atoms with van der Waals surface area (Å²) < 4.78 is 13.9. The third-order valence-corrected chi connectivity index (χ3v) is 3.25. The summed E-state index contributed by atoms with van der Waals surface area (Å²) in [6.07, 6.45) is 0. The second-order valence-corrected chi connectivity index (χ2v) is 4.76. The highest BCUT2D eigenvalue weighted by atomic mass is 79.9. The molecule has 0 atom stereocenters. The van der Waals surface area contributed by atoms with Gasteiger partial charge in [-0.2, -0.15) is 0 Å². The van der Waals surface area contributed by atoms with Gasteiger partial charge in [0.1, 0.15) is 5.82 Å². The fourth-order valence-electron chi connectivity index (χ4n) is 1.56. The van der Waals surface area contributed by atoms with Crippen LogP contribution >= 0.6 is 15.9 Å². The molecule has 0 aromatic heterocycles. The van der Waals surface area contributed by atoms with Gasteiger partial charge >= 0.3 is 6.03 Å². The van der Waals surface area contributed by atoms with E-state index in [9.17, 15) is 9.18 Å². The van der Waals surface area contributed by atoms with E-state index in [0.29, 0.717) is 12.2 Å². The summed E-state index contributed by atoms with van der Waals surface area (Å²) in [5, 5.41) is 5.27. The molecule has 0 heterocycles. The molecule has 3 nitrogen and oxygen atoms in total. The molecule has 2 N–H and O–H groups in total. The topological polar surface area (TPSA) is 41.1 Å². The van der Waals surface area contributed by atoms with E-state index in [1.807, 2.05) is 24.3 Å². The highest BCUT2D eigenvalue weighted by Gasteiger charge is 2.04. The van der Waals surface area contributed by atoms with Gasteiger partial charge < -0.3 is 10.6 Å². The summed E-state index contributed by atoms with van der Waals surface area (Å²) in [7, 11) is 0. The van der Waals surface area contributed by atoms with Crippen LogP contribution in [0, 0.1) is 5.82 Å². The van der Waals surface area contributed by atoms with Gasteiger partial charge in [-0.15, -0.1) is 0 Å². The van der Waals surface area contributed by atoms with Crippen molar-refractivity contribution in [3.8, 4) is 0 Å². The van der Waals surface area contributed by atoms with E-state index < -0.39 is 0 Å². The van der Waals surface area contributed by atoms with Crippen molar-refractivity contribution in [2.75, 3.05) is 5.32 Å². The lowest BCUT2D eigenvalue weighted by Gasteiger charge is -2.08. The fourth-order valence-corrected chi connectivity index (χ4v) is 1.98. The third kappa shape index (κ3) is 4.06. The van der Waals surface area contributed by atoms with Crippen LogP contribution in [0.15, 0.2) is 53.0 Å². The molecular formula is C14H12BrFN2O. The molecule has 0 fully saturated rings. The lowest BCUT2D eigenvalue weighted by atomic mass is 10.2. The highest BCUT2D eigenvalue weighted by molar-refractivity contribution is 9.10.